The van der Waals surface area contributed by atoms with Crippen LogP contribution in [0, 0.1) is 4.91 Å². The van der Waals surface area contributed by atoms with Crippen molar-refractivity contribution in [1.82, 2.24) is 0 Å². The van der Waals surface area contributed by atoms with Gasteiger partial charge in [0.2, 0.25) is 5.76 Å². The summed E-state index contributed by atoms with van der Waals surface area (Å²) in [5, 5.41) is 2.29. The third-order valence-corrected chi connectivity index (χ3v) is 3.48. The minimum Gasteiger partial charge on any atom is -0.609 e. The monoisotopic (exact) mass is 229 g/mol. The molecular formula is C8H7NO5S. The van der Waals surface area contributed by atoms with Crippen LogP contribution in [0.2, 0.25) is 0 Å². The van der Waals surface area contributed by atoms with Gasteiger partial charge in [0.25, 0.3) is 0 Å². The fourth-order valence-electron chi connectivity index (χ4n) is 1.09. The van der Waals surface area contributed by atoms with Crippen LogP contribution in [-0.4, -0.2) is 28.9 Å². The second kappa shape index (κ2) is 4.13. The summed E-state index contributed by atoms with van der Waals surface area (Å²) in [5.74, 6) is -1.18. The van der Waals surface area contributed by atoms with E-state index in [0.717, 1.165) is 0 Å². The van der Waals surface area contributed by atoms with Crippen molar-refractivity contribution in [2.45, 2.75) is 10.3 Å². The molecule has 1 amide bonds. The quantitative estimate of drug-likeness (QED) is 0.561. The van der Waals surface area contributed by atoms with Crippen molar-refractivity contribution in [2.75, 3.05) is 13.2 Å². The highest BCUT2D eigenvalue weighted by molar-refractivity contribution is 7.92. The smallest absolute Gasteiger partial charge is 0.351 e. The first-order valence-corrected chi connectivity index (χ1v) is 5.39. The molecule has 80 valence electrons. The van der Waals surface area contributed by atoms with E-state index >= 15 is 0 Å². The Morgan fingerprint density at radius 1 is 1.53 bits per heavy atom. The molecule has 0 saturated carbocycles. The fraction of sp³-hybridized carbons (Fsp3) is 0.375. The second-order valence-electron chi connectivity index (χ2n) is 2.97. The largest absolute Gasteiger partial charge is 0.609 e. The van der Waals surface area contributed by atoms with Crippen LogP contribution in [-0.2, 0) is 15.9 Å². The van der Waals surface area contributed by atoms with E-state index in [2.05, 4.69) is 5.18 Å². The van der Waals surface area contributed by atoms with Gasteiger partial charge in [-0.05, 0) is 6.07 Å². The lowest BCUT2D eigenvalue weighted by atomic mass is 10.4. The van der Waals surface area contributed by atoms with Gasteiger partial charge in [-0.1, -0.05) is 0 Å². The summed E-state index contributed by atoms with van der Waals surface area (Å²) in [6.45, 7) is 0.838. The molecule has 0 spiro atoms. The normalized spacial score (nSPS) is 18.2. The zero-order valence-corrected chi connectivity index (χ0v) is 8.36. The number of hydrogen-bond acceptors (Lipinski definition) is 5. The third kappa shape index (κ3) is 1.94. The molecule has 0 bridgehead atoms. The molecule has 2 heterocycles. The van der Waals surface area contributed by atoms with Crippen LogP contribution in [0.15, 0.2) is 26.8 Å². The summed E-state index contributed by atoms with van der Waals surface area (Å²) in [6, 6.07) is 2.70. The van der Waals surface area contributed by atoms with Gasteiger partial charge < -0.3 is 13.7 Å². The predicted molar refractivity (Wildman–Crippen MR) is 49.8 cm³/mol. The first-order chi connectivity index (χ1) is 7.22. The highest BCUT2D eigenvalue weighted by atomic mass is 32.2. The first kappa shape index (κ1) is 10.3. The topological polar surface area (TPSA) is 91.9 Å². The van der Waals surface area contributed by atoms with Crippen molar-refractivity contribution in [3.05, 3.63) is 22.8 Å². The van der Waals surface area contributed by atoms with Crippen molar-refractivity contribution in [1.29, 1.82) is 0 Å². The summed E-state index contributed by atoms with van der Waals surface area (Å²) in [6.07, 6.45) is 0. The van der Waals surface area contributed by atoms with Crippen LogP contribution in [0.5, 0.6) is 0 Å². The molecular weight excluding hydrogens is 222 g/mol. The van der Waals surface area contributed by atoms with E-state index in [4.69, 9.17) is 9.15 Å². The third-order valence-electron chi connectivity index (χ3n) is 1.98. The maximum absolute atomic E-state index is 11.7. The number of ether oxygens (including phenoxy) is 1. The number of carbonyl (C=O) groups is 1. The van der Waals surface area contributed by atoms with Gasteiger partial charge in [-0.25, -0.2) is 0 Å². The molecule has 1 aromatic heterocycles. The maximum atomic E-state index is 11.7. The summed E-state index contributed by atoms with van der Waals surface area (Å²) in [5.41, 5.74) is 0. The Hall–Kier alpha value is -1.18. The first-order valence-electron chi connectivity index (χ1n) is 4.18. The van der Waals surface area contributed by atoms with Crippen molar-refractivity contribution >= 4 is 17.1 Å². The molecule has 1 unspecified atom stereocenters. The molecule has 15 heavy (non-hydrogen) atoms. The van der Waals surface area contributed by atoms with Gasteiger partial charge in [-0.3, -0.25) is 4.79 Å². The molecule has 1 aliphatic rings. The standard InChI is InChI=1S/C8H7NO5S/c10-8(9-11)6-1-2-7(14-6)15(12)5-3-13-4-5/h1-2,5H,3-4H2. The predicted octanol–water partition coefficient (Wildman–Crippen LogP) is 0.693. The van der Waals surface area contributed by atoms with Crippen LogP contribution in [0.4, 0.5) is 0 Å². The molecule has 1 atom stereocenters. The lowest BCUT2D eigenvalue weighted by Gasteiger charge is -2.26. The van der Waals surface area contributed by atoms with E-state index in [0.29, 0.717) is 13.2 Å². The van der Waals surface area contributed by atoms with Gasteiger partial charge in [0, 0.05) is 22.4 Å². The highest BCUT2D eigenvalue weighted by Gasteiger charge is 2.34. The lowest BCUT2D eigenvalue weighted by Crippen LogP contribution is -2.40. The van der Waals surface area contributed by atoms with Crippen LogP contribution in [0.3, 0.4) is 0 Å². The van der Waals surface area contributed by atoms with E-state index in [1.54, 1.807) is 0 Å². The summed E-state index contributed by atoms with van der Waals surface area (Å²) >= 11 is -1.33. The average molecular weight is 229 g/mol. The molecule has 2 rings (SSSR count). The van der Waals surface area contributed by atoms with E-state index in [9.17, 15) is 14.3 Å². The Morgan fingerprint density at radius 2 is 2.27 bits per heavy atom. The number of nitrogens with zero attached hydrogens (tertiary/aromatic N) is 1. The highest BCUT2D eigenvalue weighted by Crippen LogP contribution is 2.23. The van der Waals surface area contributed by atoms with Gasteiger partial charge in [0.1, 0.15) is 0 Å². The Kier molecular flexibility index (Phi) is 2.85. The molecule has 1 fully saturated rings. The lowest BCUT2D eigenvalue weighted by molar-refractivity contribution is 0.0410. The average Bonchev–Trinajstić information content (AvgIpc) is 2.62. The van der Waals surface area contributed by atoms with Crippen LogP contribution in [0.25, 0.3) is 0 Å². The number of rotatable bonds is 3. The van der Waals surface area contributed by atoms with Crippen LogP contribution < -0.4 is 0 Å². The molecule has 0 aromatic carbocycles. The molecule has 1 aromatic rings. The summed E-state index contributed by atoms with van der Waals surface area (Å²) in [7, 11) is 0. The summed E-state index contributed by atoms with van der Waals surface area (Å²) < 4.78 is 21.5. The van der Waals surface area contributed by atoms with Crippen molar-refractivity contribution in [2.24, 2.45) is 5.18 Å². The Morgan fingerprint density at radius 3 is 2.80 bits per heavy atom. The Bertz CT molecular complexity index is 386. The van der Waals surface area contributed by atoms with Gasteiger partial charge in [-0.2, -0.15) is 0 Å². The van der Waals surface area contributed by atoms with Gasteiger partial charge >= 0.3 is 11.0 Å². The van der Waals surface area contributed by atoms with E-state index in [1.807, 2.05) is 0 Å². The number of amides is 1. The number of carbonyl (C=O) groups excluding carboxylic acids is 1. The molecule has 6 nitrogen and oxygen atoms in total. The van der Waals surface area contributed by atoms with Crippen LogP contribution >= 0.6 is 0 Å². The molecule has 1 saturated heterocycles. The SMILES string of the molecule is O=NC(=O)c1ccc([S+]([O-])C2COC2)o1. The minimum atomic E-state index is -1.33. The minimum absolute atomic E-state index is 0.0942. The zero-order chi connectivity index (χ0) is 10.8. The Balaban J connectivity index is 2.11. The maximum Gasteiger partial charge on any atom is 0.351 e. The molecule has 0 radical (unpaired) electrons. The van der Waals surface area contributed by atoms with E-state index < -0.39 is 17.1 Å². The fourth-order valence-corrected chi connectivity index (χ4v) is 2.23. The van der Waals surface area contributed by atoms with Crippen molar-refractivity contribution in [3.8, 4) is 0 Å². The zero-order valence-electron chi connectivity index (χ0n) is 7.54. The van der Waals surface area contributed by atoms with Crippen LogP contribution in [0.1, 0.15) is 10.6 Å². The number of nitroso groups, excluding NO2 is 1. The van der Waals surface area contributed by atoms with E-state index in [-0.39, 0.29) is 16.1 Å². The molecule has 7 heteroatoms. The Labute approximate surface area is 87.7 Å². The van der Waals surface area contributed by atoms with Crippen molar-refractivity contribution in [3.63, 3.8) is 0 Å². The summed E-state index contributed by atoms with van der Waals surface area (Å²) in [4.78, 5) is 20.7. The van der Waals surface area contributed by atoms with Gasteiger partial charge in [-0.15, -0.1) is 4.91 Å². The second-order valence-corrected chi connectivity index (χ2v) is 4.64. The number of furan rings is 1. The molecule has 0 aliphatic carbocycles. The van der Waals surface area contributed by atoms with Gasteiger partial charge in [0.05, 0.1) is 13.2 Å². The molecule has 0 N–H and O–H groups in total. The van der Waals surface area contributed by atoms with E-state index in [1.165, 1.54) is 12.1 Å². The van der Waals surface area contributed by atoms with Crippen molar-refractivity contribution < 1.29 is 18.5 Å². The molecule has 1 aliphatic heterocycles. The van der Waals surface area contributed by atoms with Gasteiger partial charge in [0.15, 0.2) is 5.25 Å². The number of hydrogen-bond donors (Lipinski definition) is 0.